The van der Waals surface area contributed by atoms with Gasteiger partial charge in [0.15, 0.2) is 0 Å². The van der Waals surface area contributed by atoms with Crippen LogP contribution in [0.4, 0.5) is 0 Å². The summed E-state index contributed by atoms with van der Waals surface area (Å²) < 4.78 is 0.172. The van der Waals surface area contributed by atoms with Gasteiger partial charge < -0.3 is 0 Å². The summed E-state index contributed by atoms with van der Waals surface area (Å²) in [5.74, 6) is 0. The fourth-order valence-corrected chi connectivity index (χ4v) is 2.22. The SMILES string of the molecule is Cc1ccc(/C=C/c2cccc(C(C)(C)I)c2)cc1. The van der Waals surface area contributed by atoms with Gasteiger partial charge in [-0.05, 0) is 37.5 Å². The molecule has 2 rings (SSSR count). The van der Waals surface area contributed by atoms with Crippen LogP contribution in [0.5, 0.6) is 0 Å². The maximum Gasteiger partial charge on any atom is 0.0414 e. The highest BCUT2D eigenvalue weighted by molar-refractivity contribution is 14.1. The van der Waals surface area contributed by atoms with Gasteiger partial charge in [0.05, 0.1) is 0 Å². The van der Waals surface area contributed by atoms with E-state index in [0.29, 0.717) is 0 Å². The molecule has 0 saturated carbocycles. The quantitative estimate of drug-likeness (QED) is 0.366. The third-order valence-electron chi connectivity index (χ3n) is 3.12. The van der Waals surface area contributed by atoms with E-state index in [4.69, 9.17) is 0 Å². The third kappa shape index (κ3) is 4.20. The zero-order chi connectivity index (χ0) is 13.9. The van der Waals surface area contributed by atoms with Gasteiger partial charge in [0, 0.05) is 3.42 Å². The van der Waals surface area contributed by atoms with Gasteiger partial charge in [0.1, 0.15) is 0 Å². The molecular weight excluding hydrogens is 343 g/mol. The number of hydrogen-bond acceptors (Lipinski definition) is 0. The van der Waals surface area contributed by atoms with E-state index in [9.17, 15) is 0 Å². The molecule has 2 aromatic rings. The average Bonchev–Trinajstić information content (AvgIpc) is 2.37. The Kier molecular flexibility index (Phi) is 4.46. The zero-order valence-corrected chi connectivity index (χ0v) is 13.8. The molecule has 1 heteroatoms. The molecule has 0 spiro atoms. The van der Waals surface area contributed by atoms with Crippen LogP contribution in [0.1, 0.15) is 36.1 Å². The monoisotopic (exact) mass is 362 g/mol. The molecule has 0 nitrogen and oxygen atoms in total. The standard InChI is InChI=1S/C18H19I/c1-14-7-9-15(10-8-14)11-12-16-5-4-6-17(13-16)18(2,3)19/h4-13H,1-3H3/b12-11+. The molecule has 0 aliphatic carbocycles. The van der Waals surface area contributed by atoms with Crippen molar-refractivity contribution >= 4 is 34.7 Å². The van der Waals surface area contributed by atoms with E-state index in [1.54, 1.807) is 0 Å². The van der Waals surface area contributed by atoms with Gasteiger partial charge in [-0.2, -0.15) is 0 Å². The Bertz CT molecular complexity index is 571. The molecule has 0 aromatic heterocycles. The fourth-order valence-electron chi connectivity index (χ4n) is 1.88. The Balaban J connectivity index is 2.21. The molecule has 0 amide bonds. The molecule has 0 saturated heterocycles. The molecule has 2 aromatic carbocycles. The van der Waals surface area contributed by atoms with Gasteiger partial charge in [-0.3, -0.25) is 0 Å². The molecule has 0 heterocycles. The van der Waals surface area contributed by atoms with Crippen LogP contribution in [-0.2, 0) is 3.42 Å². The van der Waals surface area contributed by atoms with Crippen molar-refractivity contribution in [1.82, 2.24) is 0 Å². The molecule has 0 aliphatic heterocycles. The minimum atomic E-state index is 0.172. The Labute approximate surface area is 129 Å². The van der Waals surface area contributed by atoms with Crippen LogP contribution in [0.2, 0.25) is 0 Å². The van der Waals surface area contributed by atoms with Crippen LogP contribution in [0.25, 0.3) is 12.2 Å². The zero-order valence-electron chi connectivity index (χ0n) is 11.7. The summed E-state index contributed by atoms with van der Waals surface area (Å²) in [5.41, 5.74) is 5.15. The highest BCUT2D eigenvalue weighted by atomic mass is 127. The molecule has 0 unspecified atom stereocenters. The first kappa shape index (κ1) is 14.3. The molecule has 0 atom stereocenters. The van der Waals surface area contributed by atoms with Crippen molar-refractivity contribution in [3.63, 3.8) is 0 Å². The number of hydrogen-bond donors (Lipinski definition) is 0. The molecule has 0 radical (unpaired) electrons. The number of aryl methyl sites for hydroxylation is 1. The molecule has 0 fully saturated rings. The summed E-state index contributed by atoms with van der Waals surface area (Å²) in [4.78, 5) is 0. The van der Waals surface area contributed by atoms with Crippen molar-refractivity contribution < 1.29 is 0 Å². The second-order valence-electron chi connectivity index (χ2n) is 5.34. The van der Waals surface area contributed by atoms with E-state index in [-0.39, 0.29) is 3.42 Å². The van der Waals surface area contributed by atoms with E-state index >= 15 is 0 Å². The molecule has 0 bridgehead atoms. The van der Waals surface area contributed by atoms with Crippen molar-refractivity contribution in [3.8, 4) is 0 Å². The fraction of sp³-hybridized carbons (Fsp3) is 0.222. The van der Waals surface area contributed by atoms with E-state index in [1.165, 1.54) is 22.3 Å². The molecular formula is C18H19I. The normalized spacial score (nSPS) is 12.0. The lowest BCUT2D eigenvalue weighted by Crippen LogP contribution is -2.05. The third-order valence-corrected chi connectivity index (χ3v) is 3.74. The largest absolute Gasteiger partial charge is 0.0743 e. The van der Waals surface area contributed by atoms with Crippen molar-refractivity contribution in [1.29, 1.82) is 0 Å². The molecule has 98 valence electrons. The Morgan fingerprint density at radius 3 is 2.16 bits per heavy atom. The lowest BCUT2D eigenvalue weighted by Gasteiger charge is -2.17. The summed E-state index contributed by atoms with van der Waals surface area (Å²) in [6, 6.07) is 17.3. The summed E-state index contributed by atoms with van der Waals surface area (Å²) >= 11 is 2.48. The Morgan fingerprint density at radius 2 is 1.53 bits per heavy atom. The number of halogens is 1. The van der Waals surface area contributed by atoms with Crippen LogP contribution < -0.4 is 0 Å². The van der Waals surface area contributed by atoms with E-state index in [0.717, 1.165) is 0 Å². The Hall–Kier alpha value is -1.09. The molecule has 0 aliphatic rings. The number of alkyl halides is 1. The molecule has 0 N–H and O–H groups in total. The topological polar surface area (TPSA) is 0 Å². The highest BCUT2D eigenvalue weighted by Crippen LogP contribution is 2.31. The smallest absolute Gasteiger partial charge is 0.0414 e. The number of rotatable bonds is 3. The van der Waals surface area contributed by atoms with Crippen LogP contribution in [0.15, 0.2) is 48.5 Å². The second-order valence-corrected chi connectivity index (χ2v) is 8.04. The average molecular weight is 362 g/mol. The van der Waals surface area contributed by atoms with Gasteiger partial charge in [-0.25, -0.2) is 0 Å². The van der Waals surface area contributed by atoms with Gasteiger partial charge in [0.25, 0.3) is 0 Å². The lowest BCUT2D eigenvalue weighted by molar-refractivity contribution is 0.826. The van der Waals surface area contributed by atoms with E-state index in [2.05, 4.69) is 104 Å². The minimum absolute atomic E-state index is 0.172. The first-order valence-corrected chi connectivity index (χ1v) is 7.57. The predicted octanol–water partition coefficient (Wildman–Crippen LogP) is 5.84. The summed E-state index contributed by atoms with van der Waals surface area (Å²) in [6.07, 6.45) is 4.34. The lowest BCUT2D eigenvalue weighted by atomic mass is 10.0. The van der Waals surface area contributed by atoms with Crippen LogP contribution >= 0.6 is 22.6 Å². The summed E-state index contributed by atoms with van der Waals surface area (Å²) in [7, 11) is 0. The first-order chi connectivity index (χ1) is 8.95. The van der Waals surface area contributed by atoms with Crippen LogP contribution in [-0.4, -0.2) is 0 Å². The second kappa shape index (κ2) is 5.91. The van der Waals surface area contributed by atoms with Crippen molar-refractivity contribution in [2.24, 2.45) is 0 Å². The molecule has 19 heavy (non-hydrogen) atoms. The van der Waals surface area contributed by atoms with Crippen LogP contribution in [0.3, 0.4) is 0 Å². The predicted molar refractivity (Wildman–Crippen MR) is 93.6 cm³/mol. The van der Waals surface area contributed by atoms with E-state index in [1.807, 2.05) is 0 Å². The van der Waals surface area contributed by atoms with Gasteiger partial charge >= 0.3 is 0 Å². The maximum absolute atomic E-state index is 2.48. The van der Waals surface area contributed by atoms with Gasteiger partial charge in [-0.15, -0.1) is 0 Å². The first-order valence-electron chi connectivity index (χ1n) is 6.49. The minimum Gasteiger partial charge on any atom is -0.0743 e. The summed E-state index contributed by atoms with van der Waals surface area (Å²) in [5, 5.41) is 0. The Morgan fingerprint density at radius 1 is 0.895 bits per heavy atom. The maximum atomic E-state index is 2.48. The van der Waals surface area contributed by atoms with E-state index < -0.39 is 0 Å². The highest BCUT2D eigenvalue weighted by Gasteiger charge is 2.15. The van der Waals surface area contributed by atoms with Crippen molar-refractivity contribution in [3.05, 3.63) is 70.8 Å². The summed E-state index contributed by atoms with van der Waals surface area (Å²) in [6.45, 7) is 6.58. The number of benzene rings is 2. The van der Waals surface area contributed by atoms with Crippen molar-refractivity contribution in [2.75, 3.05) is 0 Å². The van der Waals surface area contributed by atoms with Crippen molar-refractivity contribution in [2.45, 2.75) is 24.2 Å². The van der Waals surface area contributed by atoms with Crippen LogP contribution in [0, 0.1) is 6.92 Å². The van der Waals surface area contributed by atoms with Gasteiger partial charge in [-0.1, -0.05) is 88.8 Å². The van der Waals surface area contributed by atoms with Gasteiger partial charge in [0.2, 0.25) is 0 Å².